The lowest BCUT2D eigenvalue weighted by Gasteiger charge is -2.24. The van der Waals surface area contributed by atoms with Crippen molar-refractivity contribution >= 4 is 35.4 Å². The number of thioether (sulfide) groups is 2. The van der Waals surface area contributed by atoms with Gasteiger partial charge < -0.3 is 10.1 Å². The topological polar surface area (TPSA) is 55.4 Å². The minimum absolute atomic E-state index is 0.197. The fraction of sp³-hybridized carbons (Fsp3) is 0.600. The van der Waals surface area contributed by atoms with Gasteiger partial charge in [0.05, 0.1) is 10.1 Å². The normalized spacial score (nSPS) is 20.3. The summed E-state index contributed by atoms with van der Waals surface area (Å²) in [4.78, 5) is 24.6. The van der Waals surface area contributed by atoms with Crippen LogP contribution < -0.4 is 5.32 Å². The second-order valence-electron chi connectivity index (χ2n) is 6.94. The highest BCUT2D eigenvalue weighted by molar-refractivity contribution is 8.16. The van der Waals surface area contributed by atoms with Crippen molar-refractivity contribution < 1.29 is 14.3 Å². The Morgan fingerprint density at radius 1 is 1.04 bits per heavy atom. The van der Waals surface area contributed by atoms with Gasteiger partial charge in [0.1, 0.15) is 0 Å². The fourth-order valence-corrected chi connectivity index (χ4v) is 6.20. The van der Waals surface area contributed by atoms with Gasteiger partial charge in [-0.3, -0.25) is 4.79 Å². The zero-order valence-electron chi connectivity index (χ0n) is 15.2. The van der Waals surface area contributed by atoms with Crippen LogP contribution in [0.2, 0.25) is 0 Å². The van der Waals surface area contributed by atoms with E-state index >= 15 is 0 Å². The molecule has 1 aliphatic heterocycles. The molecule has 1 aromatic carbocycles. The number of carbonyl (C=O) groups is 2. The van der Waals surface area contributed by atoms with E-state index in [0.717, 1.165) is 25.7 Å². The molecule has 1 saturated carbocycles. The second kappa shape index (κ2) is 9.70. The van der Waals surface area contributed by atoms with Crippen LogP contribution in [0.3, 0.4) is 0 Å². The van der Waals surface area contributed by atoms with Gasteiger partial charge in [0.25, 0.3) is 5.91 Å². The SMILES string of the molecule is C[C@@H](OC(=O)c1ccc(C2SCCCS2)cc1)C(=O)NC1CCCCC1. The first-order valence-electron chi connectivity index (χ1n) is 9.48. The predicted molar refractivity (Wildman–Crippen MR) is 109 cm³/mol. The standard InChI is InChI=1S/C20H27NO3S2/c1-14(18(22)21-17-6-3-2-4-7-17)24-19(23)15-8-10-16(11-9-15)20-25-12-5-13-26-20/h8-11,14,17,20H,2-7,12-13H2,1H3,(H,21,22)/t14-/m1/s1. The Balaban J connectivity index is 1.50. The molecule has 0 unspecified atom stereocenters. The van der Waals surface area contributed by atoms with Crippen LogP contribution in [0, 0.1) is 0 Å². The molecule has 1 amide bonds. The summed E-state index contributed by atoms with van der Waals surface area (Å²) in [5.41, 5.74) is 1.73. The Bertz CT molecular complexity index is 608. The average molecular weight is 394 g/mol. The smallest absolute Gasteiger partial charge is 0.338 e. The molecule has 4 nitrogen and oxygen atoms in total. The highest BCUT2D eigenvalue weighted by atomic mass is 32.2. The van der Waals surface area contributed by atoms with Crippen LogP contribution >= 0.6 is 23.5 Å². The molecule has 0 radical (unpaired) electrons. The van der Waals surface area contributed by atoms with Crippen LogP contribution in [-0.2, 0) is 9.53 Å². The van der Waals surface area contributed by atoms with Crippen LogP contribution in [0.25, 0.3) is 0 Å². The quantitative estimate of drug-likeness (QED) is 0.744. The number of amides is 1. The maximum Gasteiger partial charge on any atom is 0.338 e. The van der Waals surface area contributed by atoms with E-state index in [4.69, 9.17) is 4.74 Å². The highest BCUT2D eigenvalue weighted by Gasteiger charge is 2.23. The molecule has 1 aromatic rings. The number of nitrogens with one attached hydrogen (secondary N) is 1. The molecule has 1 heterocycles. The van der Waals surface area contributed by atoms with E-state index in [9.17, 15) is 9.59 Å². The average Bonchev–Trinajstić information content (AvgIpc) is 2.69. The number of rotatable bonds is 5. The van der Waals surface area contributed by atoms with Crippen molar-refractivity contribution in [3.63, 3.8) is 0 Å². The molecule has 26 heavy (non-hydrogen) atoms. The molecule has 0 spiro atoms. The molecule has 1 saturated heterocycles. The summed E-state index contributed by atoms with van der Waals surface area (Å²) in [7, 11) is 0. The van der Waals surface area contributed by atoms with Crippen LogP contribution in [0.4, 0.5) is 0 Å². The van der Waals surface area contributed by atoms with Gasteiger partial charge in [0.15, 0.2) is 6.10 Å². The molecule has 6 heteroatoms. The van der Waals surface area contributed by atoms with Gasteiger partial charge in [-0.05, 0) is 55.4 Å². The number of benzene rings is 1. The highest BCUT2D eigenvalue weighted by Crippen LogP contribution is 2.43. The molecule has 1 aliphatic carbocycles. The Hall–Kier alpha value is -1.14. The first-order chi connectivity index (χ1) is 12.6. The summed E-state index contributed by atoms with van der Waals surface area (Å²) in [5.74, 6) is 1.74. The molecular formula is C20H27NO3S2. The van der Waals surface area contributed by atoms with Gasteiger partial charge in [0, 0.05) is 6.04 Å². The Kier molecular flexibility index (Phi) is 7.32. The van der Waals surface area contributed by atoms with Crippen molar-refractivity contribution in [3.8, 4) is 0 Å². The van der Waals surface area contributed by atoms with Crippen LogP contribution in [0.5, 0.6) is 0 Å². The van der Waals surface area contributed by atoms with Crippen LogP contribution in [0.15, 0.2) is 24.3 Å². The third kappa shape index (κ3) is 5.43. The summed E-state index contributed by atoms with van der Waals surface area (Å²) in [6.45, 7) is 1.64. The third-order valence-electron chi connectivity index (χ3n) is 4.85. The molecule has 0 bridgehead atoms. The van der Waals surface area contributed by atoms with E-state index in [2.05, 4.69) is 5.32 Å². The zero-order valence-corrected chi connectivity index (χ0v) is 16.9. The van der Waals surface area contributed by atoms with E-state index in [1.807, 2.05) is 35.7 Å². The molecular weight excluding hydrogens is 366 g/mol. The van der Waals surface area contributed by atoms with E-state index in [1.165, 1.54) is 29.9 Å². The molecule has 1 atom stereocenters. The number of hydrogen-bond acceptors (Lipinski definition) is 5. The lowest BCUT2D eigenvalue weighted by molar-refractivity contribution is -0.130. The van der Waals surface area contributed by atoms with E-state index < -0.39 is 12.1 Å². The van der Waals surface area contributed by atoms with Gasteiger partial charge in [-0.25, -0.2) is 4.79 Å². The lowest BCUT2D eigenvalue weighted by atomic mass is 9.95. The van der Waals surface area contributed by atoms with Gasteiger partial charge >= 0.3 is 5.97 Å². The number of ether oxygens (including phenoxy) is 1. The summed E-state index contributed by atoms with van der Waals surface area (Å²) >= 11 is 3.91. The molecule has 2 aliphatic rings. The van der Waals surface area contributed by atoms with E-state index in [-0.39, 0.29) is 11.9 Å². The van der Waals surface area contributed by atoms with Crippen molar-refractivity contribution in [1.29, 1.82) is 0 Å². The summed E-state index contributed by atoms with van der Waals surface area (Å²) in [6.07, 6.45) is 6.08. The van der Waals surface area contributed by atoms with Crippen molar-refractivity contribution in [3.05, 3.63) is 35.4 Å². The summed E-state index contributed by atoms with van der Waals surface area (Å²) in [5, 5.41) is 3.01. The van der Waals surface area contributed by atoms with Gasteiger partial charge in [0.2, 0.25) is 0 Å². The maximum absolute atomic E-state index is 12.3. The first-order valence-corrected chi connectivity index (χ1v) is 11.6. The predicted octanol–water partition coefficient (Wildman–Crippen LogP) is 4.55. The van der Waals surface area contributed by atoms with Crippen LogP contribution in [-0.4, -0.2) is 35.5 Å². The lowest BCUT2D eigenvalue weighted by Crippen LogP contribution is -2.42. The minimum Gasteiger partial charge on any atom is -0.449 e. The van der Waals surface area contributed by atoms with Gasteiger partial charge in [-0.2, -0.15) is 0 Å². The third-order valence-corrected chi connectivity index (χ3v) is 7.87. The largest absolute Gasteiger partial charge is 0.449 e. The Morgan fingerprint density at radius 2 is 1.69 bits per heavy atom. The van der Waals surface area contributed by atoms with E-state index in [0.29, 0.717) is 10.1 Å². The number of hydrogen-bond donors (Lipinski definition) is 1. The summed E-state index contributed by atoms with van der Waals surface area (Å²) < 4.78 is 5.82. The van der Waals surface area contributed by atoms with Crippen LogP contribution in [0.1, 0.15) is 66.0 Å². The zero-order chi connectivity index (χ0) is 18.4. The first kappa shape index (κ1) is 19.6. The van der Waals surface area contributed by atoms with Crippen molar-refractivity contribution in [2.24, 2.45) is 0 Å². The molecule has 1 N–H and O–H groups in total. The Labute approximate surface area is 164 Å². The van der Waals surface area contributed by atoms with Gasteiger partial charge in [-0.1, -0.05) is 31.4 Å². The monoisotopic (exact) mass is 393 g/mol. The van der Waals surface area contributed by atoms with Crippen molar-refractivity contribution in [2.45, 2.75) is 62.2 Å². The minimum atomic E-state index is -0.770. The molecule has 0 aromatic heterocycles. The molecule has 2 fully saturated rings. The van der Waals surface area contributed by atoms with E-state index in [1.54, 1.807) is 19.1 Å². The van der Waals surface area contributed by atoms with Crippen molar-refractivity contribution in [2.75, 3.05) is 11.5 Å². The van der Waals surface area contributed by atoms with Gasteiger partial charge in [-0.15, -0.1) is 23.5 Å². The number of carbonyl (C=O) groups excluding carboxylic acids is 2. The second-order valence-corrected chi connectivity index (χ2v) is 9.66. The maximum atomic E-state index is 12.3. The summed E-state index contributed by atoms with van der Waals surface area (Å²) in [6, 6.07) is 7.83. The Morgan fingerprint density at radius 3 is 2.35 bits per heavy atom. The molecule has 142 valence electrons. The number of esters is 1. The molecule has 3 rings (SSSR count). The van der Waals surface area contributed by atoms with Crippen molar-refractivity contribution in [1.82, 2.24) is 5.32 Å². The fourth-order valence-electron chi connectivity index (χ4n) is 3.30.